The van der Waals surface area contributed by atoms with E-state index in [1.165, 1.54) is 6.33 Å². The predicted octanol–water partition coefficient (Wildman–Crippen LogP) is 0.486. The Kier molecular flexibility index (Phi) is 3.92. The van der Waals surface area contributed by atoms with Crippen LogP contribution in [0.15, 0.2) is 30.6 Å². The Labute approximate surface area is 122 Å². The fourth-order valence-corrected chi connectivity index (χ4v) is 2.75. The molecule has 1 atom stereocenters. The topological polar surface area (TPSA) is 75.9 Å². The fraction of sp³-hybridized carbons (Fsp3) is 0.429. The minimum atomic E-state index is 0.0935. The van der Waals surface area contributed by atoms with Gasteiger partial charge in [-0.3, -0.25) is 4.79 Å². The molecule has 0 radical (unpaired) electrons. The number of aromatic nitrogens is 4. The number of carbonyl (C=O) groups is 1. The number of tetrazole rings is 1. The molecule has 1 aliphatic rings. The van der Waals surface area contributed by atoms with Gasteiger partial charge >= 0.3 is 0 Å². The van der Waals surface area contributed by atoms with Gasteiger partial charge in [-0.15, -0.1) is 5.10 Å². The van der Waals surface area contributed by atoms with Gasteiger partial charge in [0, 0.05) is 24.7 Å². The molecule has 110 valence electrons. The summed E-state index contributed by atoms with van der Waals surface area (Å²) in [6.45, 7) is 1.67. The van der Waals surface area contributed by atoms with E-state index in [-0.39, 0.29) is 5.91 Å². The van der Waals surface area contributed by atoms with Crippen LogP contribution in [0, 0.1) is 0 Å². The van der Waals surface area contributed by atoms with Crippen molar-refractivity contribution in [2.75, 3.05) is 20.1 Å². The van der Waals surface area contributed by atoms with Gasteiger partial charge in [-0.25, -0.2) is 4.68 Å². The third-order valence-electron chi connectivity index (χ3n) is 3.81. The van der Waals surface area contributed by atoms with Crippen LogP contribution < -0.4 is 5.32 Å². The standard InChI is InChI=1S/C14H18N6O/c1-15-9-13-3-2-8-19(13)14(21)11-4-6-12(7-5-11)20-10-16-17-18-20/h4-7,10,13,15H,2-3,8-9H2,1H3. The number of amides is 1. The van der Waals surface area contributed by atoms with Crippen molar-refractivity contribution in [2.45, 2.75) is 18.9 Å². The molecule has 2 heterocycles. The van der Waals surface area contributed by atoms with Gasteiger partial charge in [0.05, 0.1) is 5.69 Å². The quantitative estimate of drug-likeness (QED) is 0.885. The van der Waals surface area contributed by atoms with Gasteiger partial charge in [-0.05, 0) is 54.6 Å². The summed E-state index contributed by atoms with van der Waals surface area (Å²) < 4.78 is 1.56. The Morgan fingerprint density at radius 3 is 2.86 bits per heavy atom. The summed E-state index contributed by atoms with van der Waals surface area (Å²) in [4.78, 5) is 14.5. The average Bonchev–Trinajstić information content (AvgIpc) is 3.19. The first-order valence-electron chi connectivity index (χ1n) is 7.08. The predicted molar refractivity (Wildman–Crippen MR) is 77.1 cm³/mol. The number of nitrogens with zero attached hydrogens (tertiary/aromatic N) is 5. The van der Waals surface area contributed by atoms with E-state index in [4.69, 9.17) is 0 Å². The summed E-state index contributed by atoms with van der Waals surface area (Å²) in [5.41, 5.74) is 1.54. The lowest BCUT2D eigenvalue weighted by molar-refractivity contribution is 0.0737. The Morgan fingerprint density at radius 1 is 1.38 bits per heavy atom. The van der Waals surface area contributed by atoms with Crippen molar-refractivity contribution < 1.29 is 4.79 Å². The van der Waals surface area contributed by atoms with Crippen molar-refractivity contribution in [3.05, 3.63) is 36.2 Å². The Morgan fingerprint density at radius 2 is 2.19 bits per heavy atom. The molecule has 2 aromatic rings. The number of carbonyl (C=O) groups excluding carboxylic acids is 1. The van der Waals surface area contributed by atoms with Crippen LogP contribution in [0.3, 0.4) is 0 Å². The second-order valence-corrected chi connectivity index (χ2v) is 5.15. The zero-order valence-electron chi connectivity index (χ0n) is 11.9. The highest BCUT2D eigenvalue weighted by atomic mass is 16.2. The van der Waals surface area contributed by atoms with Gasteiger partial charge in [0.2, 0.25) is 0 Å². The van der Waals surface area contributed by atoms with Crippen molar-refractivity contribution >= 4 is 5.91 Å². The number of likely N-dealkylation sites (N-methyl/N-ethyl adjacent to an activating group) is 1. The summed E-state index contributed by atoms with van der Waals surface area (Å²) in [5.74, 6) is 0.0935. The zero-order valence-corrected chi connectivity index (χ0v) is 11.9. The maximum atomic E-state index is 12.6. The summed E-state index contributed by atoms with van der Waals surface area (Å²) >= 11 is 0. The first-order valence-corrected chi connectivity index (χ1v) is 7.08. The van der Waals surface area contributed by atoms with Crippen LogP contribution in [0.1, 0.15) is 23.2 Å². The van der Waals surface area contributed by atoms with E-state index in [9.17, 15) is 4.79 Å². The molecule has 0 saturated carbocycles. The highest BCUT2D eigenvalue weighted by Crippen LogP contribution is 2.20. The highest BCUT2D eigenvalue weighted by molar-refractivity contribution is 5.94. The van der Waals surface area contributed by atoms with Crippen LogP contribution in [-0.4, -0.2) is 57.2 Å². The third kappa shape index (κ3) is 2.78. The Bertz CT molecular complexity index is 594. The van der Waals surface area contributed by atoms with Crippen molar-refractivity contribution in [1.82, 2.24) is 30.4 Å². The first kappa shape index (κ1) is 13.7. The smallest absolute Gasteiger partial charge is 0.254 e. The molecule has 0 spiro atoms. The van der Waals surface area contributed by atoms with Gasteiger partial charge in [0.15, 0.2) is 0 Å². The number of hydrogen-bond donors (Lipinski definition) is 1. The van der Waals surface area contributed by atoms with E-state index in [0.29, 0.717) is 11.6 Å². The molecule has 1 amide bonds. The lowest BCUT2D eigenvalue weighted by atomic mass is 10.1. The van der Waals surface area contributed by atoms with Crippen LogP contribution in [0.5, 0.6) is 0 Å². The summed E-state index contributed by atoms with van der Waals surface area (Å²) in [6.07, 6.45) is 3.66. The molecule has 7 nitrogen and oxygen atoms in total. The minimum absolute atomic E-state index is 0.0935. The SMILES string of the molecule is CNCC1CCCN1C(=O)c1ccc(-n2cnnn2)cc1. The molecule has 21 heavy (non-hydrogen) atoms. The minimum Gasteiger partial charge on any atom is -0.334 e. The molecule has 1 unspecified atom stereocenters. The van der Waals surface area contributed by atoms with E-state index in [2.05, 4.69) is 20.8 Å². The van der Waals surface area contributed by atoms with Gasteiger partial charge in [-0.2, -0.15) is 0 Å². The van der Waals surface area contributed by atoms with Gasteiger partial charge in [-0.1, -0.05) is 0 Å². The van der Waals surface area contributed by atoms with E-state index in [1.807, 2.05) is 36.2 Å². The van der Waals surface area contributed by atoms with Crippen molar-refractivity contribution in [3.8, 4) is 5.69 Å². The van der Waals surface area contributed by atoms with Crippen molar-refractivity contribution in [2.24, 2.45) is 0 Å². The van der Waals surface area contributed by atoms with Gasteiger partial charge < -0.3 is 10.2 Å². The molecule has 1 aromatic heterocycles. The number of likely N-dealkylation sites (tertiary alicyclic amines) is 1. The fourth-order valence-electron chi connectivity index (χ4n) is 2.75. The lowest BCUT2D eigenvalue weighted by Crippen LogP contribution is -2.40. The zero-order chi connectivity index (χ0) is 14.7. The second kappa shape index (κ2) is 6.01. The van der Waals surface area contributed by atoms with Crippen LogP contribution >= 0.6 is 0 Å². The summed E-state index contributed by atoms with van der Waals surface area (Å²) in [6, 6.07) is 7.66. The number of hydrogen-bond acceptors (Lipinski definition) is 5. The molecule has 1 fully saturated rings. The molecule has 7 heteroatoms. The molecule has 1 saturated heterocycles. The maximum Gasteiger partial charge on any atom is 0.254 e. The third-order valence-corrected chi connectivity index (χ3v) is 3.81. The molecule has 0 aliphatic carbocycles. The average molecular weight is 286 g/mol. The van der Waals surface area contributed by atoms with E-state index >= 15 is 0 Å². The number of benzene rings is 1. The summed E-state index contributed by atoms with van der Waals surface area (Å²) in [7, 11) is 1.92. The van der Waals surface area contributed by atoms with Crippen LogP contribution in [0.4, 0.5) is 0 Å². The van der Waals surface area contributed by atoms with Crippen molar-refractivity contribution in [3.63, 3.8) is 0 Å². The molecular formula is C14H18N6O. The number of nitrogens with one attached hydrogen (secondary N) is 1. The molecular weight excluding hydrogens is 268 g/mol. The normalized spacial score (nSPS) is 18.1. The lowest BCUT2D eigenvalue weighted by Gasteiger charge is -2.24. The number of rotatable bonds is 4. The van der Waals surface area contributed by atoms with Crippen molar-refractivity contribution in [1.29, 1.82) is 0 Å². The van der Waals surface area contributed by atoms with Gasteiger partial charge in [0.25, 0.3) is 5.91 Å². The molecule has 3 rings (SSSR count). The molecule has 1 aliphatic heterocycles. The van der Waals surface area contributed by atoms with Crippen LogP contribution in [-0.2, 0) is 0 Å². The largest absolute Gasteiger partial charge is 0.334 e. The molecule has 1 aromatic carbocycles. The van der Waals surface area contributed by atoms with Crippen LogP contribution in [0.2, 0.25) is 0 Å². The maximum absolute atomic E-state index is 12.6. The Balaban J connectivity index is 1.76. The van der Waals surface area contributed by atoms with E-state index in [1.54, 1.807) is 4.68 Å². The van der Waals surface area contributed by atoms with Gasteiger partial charge in [0.1, 0.15) is 6.33 Å². The highest BCUT2D eigenvalue weighted by Gasteiger charge is 2.28. The first-order chi connectivity index (χ1) is 10.3. The van der Waals surface area contributed by atoms with E-state index < -0.39 is 0 Å². The monoisotopic (exact) mass is 286 g/mol. The van der Waals surface area contributed by atoms with Crippen LogP contribution in [0.25, 0.3) is 5.69 Å². The Hall–Kier alpha value is -2.28. The van der Waals surface area contributed by atoms with E-state index in [0.717, 1.165) is 31.6 Å². The molecule has 0 bridgehead atoms. The second-order valence-electron chi connectivity index (χ2n) is 5.15. The summed E-state index contributed by atoms with van der Waals surface area (Å²) in [5, 5.41) is 14.2. The molecule has 1 N–H and O–H groups in total.